The predicted molar refractivity (Wildman–Crippen MR) is 81.8 cm³/mol. The van der Waals surface area contributed by atoms with E-state index in [1.54, 1.807) is 24.3 Å². The highest BCUT2D eigenvalue weighted by Crippen LogP contribution is 2.25. The zero-order valence-corrected chi connectivity index (χ0v) is 13.5. The lowest BCUT2D eigenvalue weighted by Gasteiger charge is -2.07. The van der Waals surface area contributed by atoms with Gasteiger partial charge in [0, 0.05) is 22.0 Å². The van der Waals surface area contributed by atoms with Gasteiger partial charge >= 0.3 is 0 Å². The average molecular weight is 395 g/mol. The SMILES string of the molecule is Br.COc1cc(C(=O)CBr)c2ccc(Cl)cc2n1. The molecule has 3 nitrogen and oxygen atoms in total. The number of ketones is 1. The quantitative estimate of drug-likeness (QED) is 0.581. The summed E-state index contributed by atoms with van der Waals surface area (Å²) >= 11 is 9.07. The van der Waals surface area contributed by atoms with Gasteiger partial charge in [-0.05, 0) is 12.1 Å². The van der Waals surface area contributed by atoms with Crippen molar-refractivity contribution in [2.24, 2.45) is 0 Å². The van der Waals surface area contributed by atoms with Crippen molar-refractivity contribution in [2.45, 2.75) is 0 Å². The largest absolute Gasteiger partial charge is 0.481 e. The van der Waals surface area contributed by atoms with E-state index in [0.717, 1.165) is 5.39 Å². The highest BCUT2D eigenvalue weighted by Gasteiger charge is 2.12. The molecule has 96 valence electrons. The zero-order valence-electron chi connectivity index (χ0n) is 9.44. The van der Waals surface area contributed by atoms with E-state index < -0.39 is 0 Å². The molecule has 0 amide bonds. The number of Topliss-reactive ketones (excluding diaryl/α,β-unsaturated/α-hetero) is 1. The lowest BCUT2D eigenvalue weighted by Crippen LogP contribution is -2.03. The minimum absolute atomic E-state index is 0. The molecule has 0 saturated carbocycles. The zero-order chi connectivity index (χ0) is 12.4. The molecule has 0 saturated heterocycles. The number of rotatable bonds is 3. The normalized spacial score (nSPS) is 9.94. The summed E-state index contributed by atoms with van der Waals surface area (Å²) in [6.07, 6.45) is 0. The summed E-state index contributed by atoms with van der Waals surface area (Å²) in [5.41, 5.74) is 1.24. The number of aromatic nitrogens is 1. The van der Waals surface area contributed by atoms with Crippen LogP contribution in [-0.2, 0) is 0 Å². The molecule has 0 aliphatic heterocycles. The Kier molecular flexibility index (Phi) is 5.56. The van der Waals surface area contributed by atoms with E-state index in [0.29, 0.717) is 22.0 Å². The Morgan fingerprint density at radius 2 is 2.17 bits per heavy atom. The van der Waals surface area contributed by atoms with Crippen LogP contribution >= 0.6 is 44.5 Å². The number of alkyl halides is 1. The molecule has 1 heterocycles. The van der Waals surface area contributed by atoms with Gasteiger partial charge in [0.05, 0.1) is 18.0 Å². The molecule has 0 N–H and O–H groups in total. The first-order chi connectivity index (χ1) is 8.15. The third-order valence-electron chi connectivity index (χ3n) is 2.38. The van der Waals surface area contributed by atoms with Crippen molar-refractivity contribution in [2.75, 3.05) is 12.4 Å². The lowest BCUT2D eigenvalue weighted by molar-refractivity contribution is 0.102. The van der Waals surface area contributed by atoms with Gasteiger partial charge in [-0.1, -0.05) is 33.6 Å². The van der Waals surface area contributed by atoms with E-state index in [4.69, 9.17) is 16.3 Å². The monoisotopic (exact) mass is 393 g/mol. The average Bonchev–Trinajstić information content (AvgIpc) is 2.35. The molecule has 0 atom stereocenters. The van der Waals surface area contributed by atoms with Crippen molar-refractivity contribution in [1.82, 2.24) is 4.98 Å². The molecule has 2 aromatic rings. The lowest BCUT2D eigenvalue weighted by atomic mass is 10.1. The van der Waals surface area contributed by atoms with Crippen LogP contribution in [0, 0.1) is 0 Å². The molecule has 0 fully saturated rings. The molecule has 1 aromatic carbocycles. The Labute approximate surface area is 128 Å². The second-order valence-electron chi connectivity index (χ2n) is 3.43. The van der Waals surface area contributed by atoms with Gasteiger partial charge in [-0.2, -0.15) is 0 Å². The summed E-state index contributed by atoms with van der Waals surface area (Å²) in [5.74, 6) is 0.391. The maximum atomic E-state index is 11.8. The van der Waals surface area contributed by atoms with Crippen LogP contribution in [0.25, 0.3) is 10.9 Å². The fraction of sp³-hybridized carbons (Fsp3) is 0.167. The molecule has 0 aliphatic carbocycles. The van der Waals surface area contributed by atoms with Crippen molar-refractivity contribution in [3.63, 3.8) is 0 Å². The fourth-order valence-corrected chi connectivity index (χ4v) is 2.05. The van der Waals surface area contributed by atoms with E-state index in [2.05, 4.69) is 20.9 Å². The molecule has 0 unspecified atom stereocenters. The van der Waals surface area contributed by atoms with Crippen LogP contribution in [0.4, 0.5) is 0 Å². The number of pyridine rings is 1. The van der Waals surface area contributed by atoms with Gasteiger partial charge in [0.15, 0.2) is 5.78 Å². The minimum atomic E-state index is -0.0157. The van der Waals surface area contributed by atoms with Crippen molar-refractivity contribution in [3.8, 4) is 5.88 Å². The van der Waals surface area contributed by atoms with Crippen LogP contribution < -0.4 is 4.74 Å². The highest BCUT2D eigenvalue weighted by atomic mass is 79.9. The molecule has 0 aliphatic rings. The number of benzene rings is 1. The van der Waals surface area contributed by atoms with Crippen LogP contribution in [0.15, 0.2) is 24.3 Å². The first-order valence-corrected chi connectivity index (χ1v) is 6.39. The standard InChI is InChI=1S/C12H9BrClNO2.BrH/c1-17-12-5-9(11(16)6-13)8-3-2-7(14)4-10(8)15-12;/h2-5H,6H2,1H3;1H. The third kappa shape index (κ3) is 3.02. The second kappa shape index (κ2) is 6.50. The molecular weight excluding hydrogens is 385 g/mol. The first-order valence-electron chi connectivity index (χ1n) is 4.89. The molecular formula is C12H10Br2ClNO2. The Morgan fingerprint density at radius 1 is 1.44 bits per heavy atom. The minimum Gasteiger partial charge on any atom is -0.481 e. The summed E-state index contributed by atoms with van der Waals surface area (Å²) in [7, 11) is 1.51. The number of nitrogens with zero attached hydrogens (tertiary/aromatic N) is 1. The van der Waals surface area contributed by atoms with Crippen LogP contribution in [0.3, 0.4) is 0 Å². The van der Waals surface area contributed by atoms with Gasteiger partial charge in [-0.3, -0.25) is 4.79 Å². The van der Waals surface area contributed by atoms with E-state index >= 15 is 0 Å². The number of fused-ring (bicyclic) bond motifs is 1. The first kappa shape index (κ1) is 15.4. The van der Waals surface area contributed by atoms with Gasteiger partial charge < -0.3 is 4.74 Å². The van der Waals surface area contributed by atoms with Crippen molar-refractivity contribution < 1.29 is 9.53 Å². The summed E-state index contributed by atoms with van der Waals surface area (Å²) in [5, 5.41) is 1.62. The maximum Gasteiger partial charge on any atom is 0.214 e. The number of carbonyl (C=O) groups excluding carboxylic acids is 1. The topological polar surface area (TPSA) is 39.2 Å². The summed E-state index contributed by atoms with van der Waals surface area (Å²) < 4.78 is 5.08. The summed E-state index contributed by atoms with van der Waals surface area (Å²) in [6.45, 7) is 0. The molecule has 0 radical (unpaired) electrons. The van der Waals surface area contributed by atoms with Gasteiger partial charge in [0.1, 0.15) is 0 Å². The van der Waals surface area contributed by atoms with Crippen LogP contribution in [0.2, 0.25) is 5.02 Å². The second-order valence-corrected chi connectivity index (χ2v) is 4.43. The number of hydrogen-bond donors (Lipinski definition) is 0. The van der Waals surface area contributed by atoms with Gasteiger partial charge in [-0.15, -0.1) is 17.0 Å². The molecule has 2 rings (SSSR count). The van der Waals surface area contributed by atoms with Crippen LogP contribution in [0.5, 0.6) is 5.88 Å². The number of ether oxygens (including phenoxy) is 1. The number of methoxy groups -OCH3 is 1. The number of hydrogen-bond acceptors (Lipinski definition) is 3. The Balaban J connectivity index is 0.00000162. The molecule has 6 heteroatoms. The van der Waals surface area contributed by atoms with Gasteiger partial charge in [0.25, 0.3) is 0 Å². The summed E-state index contributed by atoms with van der Waals surface area (Å²) in [6, 6.07) is 6.88. The van der Waals surface area contributed by atoms with Crippen LogP contribution in [0.1, 0.15) is 10.4 Å². The van der Waals surface area contributed by atoms with Gasteiger partial charge in [0.2, 0.25) is 5.88 Å². The van der Waals surface area contributed by atoms with Crippen molar-refractivity contribution in [1.29, 1.82) is 0 Å². The van der Waals surface area contributed by atoms with Crippen molar-refractivity contribution >= 4 is 61.2 Å². The molecule has 0 bridgehead atoms. The Bertz CT molecular complexity index is 590. The van der Waals surface area contributed by atoms with Crippen molar-refractivity contribution in [3.05, 3.63) is 34.9 Å². The highest BCUT2D eigenvalue weighted by molar-refractivity contribution is 9.09. The molecule has 1 aromatic heterocycles. The third-order valence-corrected chi connectivity index (χ3v) is 3.12. The number of halogens is 3. The smallest absolute Gasteiger partial charge is 0.214 e. The number of carbonyl (C=O) groups is 1. The van der Waals surface area contributed by atoms with E-state index in [1.165, 1.54) is 7.11 Å². The maximum absolute atomic E-state index is 11.8. The predicted octanol–water partition coefficient (Wildman–Crippen LogP) is 4.05. The van der Waals surface area contributed by atoms with E-state index in [1.807, 2.05) is 0 Å². The molecule has 0 spiro atoms. The van der Waals surface area contributed by atoms with E-state index in [-0.39, 0.29) is 28.1 Å². The van der Waals surface area contributed by atoms with Crippen LogP contribution in [-0.4, -0.2) is 23.2 Å². The van der Waals surface area contributed by atoms with E-state index in [9.17, 15) is 4.79 Å². The summed E-state index contributed by atoms with van der Waals surface area (Å²) in [4.78, 5) is 16.1. The van der Waals surface area contributed by atoms with Gasteiger partial charge in [-0.25, -0.2) is 4.98 Å². The Morgan fingerprint density at radius 3 is 2.78 bits per heavy atom. The Hall–Kier alpha value is -0.650. The molecule has 18 heavy (non-hydrogen) atoms. The fourth-order valence-electron chi connectivity index (χ4n) is 1.58.